The third-order valence-corrected chi connectivity index (χ3v) is 11.3. The van der Waals surface area contributed by atoms with Gasteiger partial charge in [-0.3, -0.25) is 14.8 Å². The van der Waals surface area contributed by atoms with E-state index in [4.69, 9.17) is 19.4 Å². The van der Waals surface area contributed by atoms with Crippen molar-refractivity contribution in [3.63, 3.8) is 0 Å². The number of aromatic nitrogens is 2. The summed E-state index contributed by atoms with van der Waals surface area (Å²) in [5.74, 6) is 1.85. The van der Waals surface area contributed by atoms with Crippen molar-refractivity contribution >= 4 is 19.0 Å². The number of carbonyl (C=O) groups excluding carboxylic acids is 1. The summed E-state index contributed by atoms with van der Waals surface area (Å²) in [5.41, 5.74) is 7.84. The molecule has 3 aromatic carbocycles. The Morgan fingerprint density at radius 1 is 0.581 bits per heavy atom. The monoisotopic (exact) mass is 586 g/mol. The summed E-state index contributed by atoms with van der Waals surface area (Å²) >= 11 is 0. The molecule has 5 nitrogen and oxygen atoms in total. The molecule has 6 rings (SSSR count). The van der Waals surface area contributed by atoms with Crippen LogP contribution >= 0.6 is 7.92 Å². The van der Waals surface area contributed by atoms with Crippen molar-refractivity contribution in [1.82, 2.24) is 9.97 Å². The number of hydrogen-bond donors (Lipinski definition) is 0. The number of rotatable bonds is 7. The van der Waals surface area contributed by atoms with Gasteiger partial charge in [0.15, 0.2) is 0 Å². The molecule has 3 heterocycles. The van der Waals surface area contributed by atoms with Crippen LogP contribution in [-0.2, 0) is 4.79 Å². The Hall–Kier alpha value is -4.34. The molecular weight excluding hydrogens is 551 g/mol. The lowest BCUT2D eigenvalue weighted by atomic mass is 9.97. The third-order valence-electron chi connectivity index (χ3n) is 8.10. The molecule has 0 radical (unpaired) electrons. The second-order valence-electron chi connectivity index (χ2n) is 10.9. The first-order chi connectivity index (χ1) is 21.0. The molecule has 2 aromatic heterocycles. The largest absolute Gasteiger partial charge is 0.496 e. The second-order valence-corrected chi connectivity index (χ2v) is 13.4. The highest BCUT2D eigenvalue weighted by Crippen LogP contribution is 2.67. The summed E-state index contributed by atoms with van der Waals surface area (Å²) in [4.78, 5) is 23.6. The quantitative estimate of drug-likeness (QED) is 0.179. The fourth-order valence-electron chi connectivity index (χ4n) is 6.22. The molecule has 1 aliphatic heterocycles. The van der Waals surface area contributed by atoms with Crippen molar-refractivity contribution in [3.8, 4) is 33.8 Å². The topological polar surface area (TPSA) is 61.3 Å². The molecule has 0 spiro atoms. The van der Waals surface area contributed by atoms with E-state index in [2.05, 4.69) is 54.6 Å². The highest BCUT2D eigenvalue weighted by atomic mass is 31.1. The number of methoxy groups -OCH3 is 2. The van der Waals surface area contributed by atoms with Crippen LogP contribution in [0.1, 0.15) is 46.9 Å². The van der Waals surface area contributed by atoms with Crippen molar-refractivity contribution < 1.29 is 14.3 Å². The Balaban J connectivity index is 1.72. The molecule has 5 aromatic rings. The number of para-hydroxylation sites is 2. The SMILES string of the molecule is COc1ccccc1-c1cccc(-c2ccccc2OC)c1P1C(c2cccc(C)n2)CC(=O)CC1c1cccc(C)n1. The van der Waals surface area contributed by atoms with Crippen LogP contribution in [0, 0.1) is 13.8 Å². The number of ketones is 1. The van der Waals surface area contributed by atoms with Crippen LogP contribution in [0.2, 0.25) is 0 Å². The highest BCUT2D eigenvalue weighted by Gasteiger charge is 2.43. The Bertz CT molecular complexity index is 1660. The average Bonchev–Trinajstić information content (AvgIpc) is 3.04. The van der Waals surface area contributed by atoms with Gasteiger partial charge in [0.2, 0.25) is 0 Å². The third kappa shape index (κ3) is 5.70. The van der Waals surface area contributed by atoms with Crippen molar-refractivity contribution in [3.05, 3.63) is 126 Å². The summed E-state index contributed by atoms with van der Waals surface area (Å²) in [6.45, 7) is 4.03. The molecule has 0 bridgehead atoms. The van der Waals surface area contributed by atoms with Crippen molar-refractivity contribution in [1.29, 1.82) is 0 Å². The Morgan fingerprint density at radius 3 is 1.44 bits per heavy atom. The number of aryl methyl sites for hydroxylation is 2. The van der Waals surface area contributed by atoms with E-state index in [-0.39, 0.29) is 17.1 Å². The predicted octanol–water partition coefficient (Wildman–Crippen LogP) is 8.40. The van der Waals surface area contributed by atoms with Gasteiger partial charge >= 0.3 is 0 Å². The van der Waals surface area contributed by atoms with Gasteiger partial charge in [0.05, 0.1) is 14.2 Å². The molecule has 1 aliphatic rings. The molecule has 0 amide bonds. The van der Waals surface area contributed by atoms with Gasteiger partial charge in [0.1, 0.15) is 17.3 Å². The number of pyridine rings is 2. The Morgan fingerprint density at radius 2 is 1.00 bits per heavy atom. The van der Waals surface area contributed by atoms with Crippen LogP contribution in [0.15, 0.2) is 103 Å². The van der Waals surface area contributed by atoms with Crippen molar-refractivity contribution in [2.24, 2.45) is 0 Å². The minimum Gasteiger partial charge on any atom is -0.496 e. The first-order valence-corrected chi connectivity index (χ1v) is 16.0. The van der Waals surface area contributed by atoms with E-state index in [0.29, 0.717) is 12.8 Å². The molecule has 2 atom stereocenters. The van der Waals surface area contributed by atoms with Crippen LogP contribution in [-0.4, -0.2) is 30.0 Å². The molecule has 0 saturated carbocycles. The minimum absolute atomic E-state index is 0.0900. The summed E-state index contributed by atoms with van der Waals surface area (Å²) in [6.07, 6.45) is 0.881. The van der Waals surface area contributed by atoms with Crippen LogP contribution in [0.4, 0.5) is 0 Å². The lowest BCUT2D eigenvalue weighted by Gasteiger charge is -2.40. The first-order valence-electron chi connectivity index (χ1n) is 14.6. The van der Waals surface area contributed by atoms with Crippen LogP contribution in [0.3, 0.4) is 0 Å². The molecule has 216 valence electrons. The average molecular weight is 587 g/mol. The van der Waals surface area contributed by atoms with Crippen LogP contribution in [0.5, 0.6) is 11.5 Å². The maximum Gasteiger partial charge on any atom is 0.134 e. The Labute approximate surface area is 254 Å². The number of carbonyl (C=O) groups is 1. The summed E-state index contributed by atoms with van der Waals surface area (Å²) in [6, 6.07) is 35.1. The van der Waals surface area contributed by atoms with Gasteiger partial charge in [0.25, 0.3) is 0 Å². The number of nitrogens with zero attached hydrogens (tertiary/aromatic N) is 2. The zero-order valence-corrected chi connectivity index (χ0v) is 25.8. The van der Waals surface area contributed by atoms with Gasteiger partial charge in [-0.25, -0.2) is 0 Å². The highest BCUT2D eigenvalue weighted by molar-refractivity contribution is 7.67. The van der Waals surface area contributed by atoms with E-state index in [1.54, 1.807) is 14.2 Å². The number of benzene rings is 3. The normalized spacial score (nSPS) is 18.3. The minimum atomic E-state index is -1.08. The van der Waals surface area contributed by atoms with Crippen LogP contribution < -0.4 is 14.8 Å². The molecule has 0 N–H and O–H groups in total. The molecule has 43 heavy (non-hydrogen) atoms. The zero-order valence-electron chi connectivity index (χ0n) is 25.0. The van der Waals surface area contributed by atoms with E-state index in [0.717, 1.165) is 56.5 Å². The van der Waals surface area contributed by atoms with E-state index >= 15 is 0 Å². The Kier molecular flexibility index (Phi) is 8.35. The number of Topliss-reactive ketones (excluding diaryl/α,β-unsaturated/α-hetero) is 1. The van der Waals surface area contributed by atoms with E-state index < -0.39 is 7.92 Å². The first kappa shape index (κ1) is 28.8. The maximum atomic E-state index is 13.6. The molecule has 1 fully saturated rings. The van der Waals surface area contributed by atoms with Gasteiger partial charge in [-0.05, 0) is 66.7 Å². The van der Waals surface area contributed by atoms with E-state index in [1.165, 1.54) is 5.30 Å². The number of ether oxygens (including phenoxy) is 2. The molecular formula is C37H35N2O3P. The maximum absolute atomic E-state index is 13.6. The van der Waals surface area contributed by atoms with E-state index in [1.807, 2.05) is 62.4 Å². The van der Waals surface area contributed by atoms with Gasteiger partial charge < -0.3 is 9.47 Å². The fraction of sp³-hybridized carbons (Fsp3) is 0.216. The van der Waals surface area contributed by atoms with Crippen molar-refractivity contribution in [2.75, 3.05) is 14.2 Å². The second kappa shape index (κ2) is 12.5. The number of hydrogen-bond acceptors (Lipinski definition) is 5. The van der Waals surface area contributed by atoms with Gasteiger partial charge in [0, 0.05) is 58.1 Å². The van der Waals surface area contributed by atoms with Gasteiger partial charge in [-0.15, -0.1) is 0 Å². The zero-order chi connectivity index (χ0) is 29.9. The summed E-state index contributed by atoms with van der Waals surface area (Å²) in [7, 11) is 2.35. The molecule has 2 unspecified atom stereocenters. The van der Waals surface area contributed by atoms with Crippen molar-refractivity contribution in [2.45, 2.75) is 38.0 Å². The van der Waals surface area contributed by atoms with Crippen LogP contribution in [0.25, 0.3) is 22.3 Å². The molecule has 6 heteroatoms. The summed E-state index contributed by atoms with van der Waals surface area (Å²) in [5, 5.41) is 1.21. The van der Waals surface area contributed by atoms with Gasteiger partial charge in [-0.2, -0.15) is 0 Å². The predicted molar refractivity (Wildman–Crippen MR) is 175 cm³/mol. The standard InChI is InChI=1S/C37H35N2O3P/c1-24-12-9-18-31(38-24)35-22-26(40)23-36(32-19-10-13-25(2)39-32)43(35)37-29(27-14-5-7-20-33(27)41-3)16-11-17-30(37)28-15-6-8-21-34(28)42-4/h5-21,35-36H,22-23H2,1-4H3. The smallest absolute Gasteiger partial charge is 0.134 e. The van der Waals surface area contributed by atoms with Gasteiger partial charge in [-0.1, -0.05) is 74.7 Å². The summed E-state index contributed by atoms with van der Waals surface area (Å²) < 4.78 is 11.8. The molecule has 1 saturated heterocycles. The lowest BCUT2D eigenvalue weighted by Crippen LogP contribution is -2.27. The fourth-order valence-corrected chi connectivity index (χ4v) is 9.89. The van der Waals surface area contributed by atoms with E-state index in [9.17, 15) is 4.79 Å². The lowest BCUT2D eigenvalue weighted by molar-refractivity contribution is -0.119. The molecule has 0 aliphatic carbocycles.